The first kappa shape index (κ1) is 13.8. The van der Waals surface area contributed by atoms with Gasteiger partial charge in [0.1, 0.15) is 6.61 Å². The fourth-order valence-electron chi connectivity index (χ4n) is 1.74. The zero-order valence-corrected chi connectivity index (χ0v) is 12.4. The number of hydrogen-bond acceptors (Lipinski definition) is 5. The van der Waals surface area contributed by atoms with Gasteiger partial charge in [-0.2, -0.15) is 0 Å². The fourth-order valence-corrected chi connectivity index (χ4v) is 3.36. The number of benzene rings is 1. The normalized spacial score (nSPS) is 10.1. The second-order valence-corrected chi connectivity index (χ2v) is 6.04. The van der Waals surface area contributed by atoms with Crippen molar-refractivity contribution < 1.29 is 9.90 Å². The molecule has 0 bridgehead atoms. The lowest BCUT2D eigenvalue weighted by atomic mass is 10.3. The third-order valence-electron chi connectivity index (χ3n) is 2.67. The molecule has 2 aromatic heterocycles. The van der Waals surface area contributed by atoms with E-state index in [9.17, 15) is 4.79 Å². The van der Waals surface area contributed by atoms with E-state index in [-0.39, 0.29) is 12.5 Å². The fraction of sp³-hybridized carbons (Fsp3) is 0.0667. The number of aliphatic hydroxyl groups excluding tert-OH is 1. The number of hydrogen-bond donors (Lipinski definition) is 2. The molecule has 3 rings (SSSR count). The highest BCUT2D eigenvalue weighted by Gasteiger charge is 2.11. The summed E-state index contributed by atoms with van der Waals surface area (Å²) in [6.07, 6.45) is 0. The minimum atomic E-state index is -0.206. The predicted molar refractivity (Wildman–Crippen MR) is 85.9 cm³/mol. The number of thiophene rings is 1. The summed E-state index contributed by atoms with van der Waals surface area (Å²) < 4.78 is 1.03. The summed E-state index contributed by atoms with van der Waals surface area (Å²) >= 11 is 2.81. The molecule has 1 amide bonds. The van der Waals surface area contributed by atoms with E-state index in [0.717, 1.165) is 15.1 Å². The van der Waals surface area contributed by atoms with Gasteiger partial charge in [0.25, 0.3) is 5.91 Å². The lowest BCUT2D eigenvalue weighted by Crippen LogP contribution is -2.10. The van der Waals surface area contributed by atoms with E-state index in [4.69, 9.17) is 5.11 Å². The number of nitrogens with one attached hydrogen (secondary N) is 1. The van der Waals surface area contributed by atoms with Gasteiger partial charge in [-0.15, -0.1) is 11.3 Å². The molecule has 21 heavy (non-hydrogen) atoms. The highest BCUT2D eigenvalue weighted by molar-refractivity contribution is 7.22. The molecule has 0 atom stereocenters. The Hall–Kier alpha value is -2.20. The van der Waals surface area contributed by atoms with Crippen molar-refractivity contribution in [3.05, 3.63) is 46.2 Å². The molecule has 0 aliphatic rings. The number of aliphatic hydroxyl groups is 1. The van der Waals surface area contributed by atoms with Crippen molar-refractivity contribution in [3.8, 4) is 11.8 Å². The number of fused-ring (bicyclic) bond motifs is 1. The molecule has 0 aliphatic carbocycles. The molecule has 0 unspecified atom stereocenters. The van der Waals surface area contributed by atoms with Crippen LogP contribution in [0.25, 0.3) is 10.2 Å². The first-order valence-electron chi connectivity index (χ1n) is 6.11. The Morgan fingerprint density at radius 3 is 3.05 bits per heavy atom. The van der Waals surface area contributed by atoms with Crippen molar-refractivity contribution in [1.29, 1.82) is 0 Å². The Morgan fingerprint density at radius 2 is 2.24 bits per heavy atom. The second kappa shape index (κ2) is 6.06. The highest BCUT2D eigenvalue weighted by Crippen LogP contribution is 2.26. The van der Waals surface area contributed by atoms with Crippen molar-refractivity contribution in [2.75, 3.05) is 11.9 Å². The smallest absolute Gasteiger partial charge is 0.258 e. The molecule has 0 aliphatic heterocycles. The summed E-state index contributed by atoms with van der Waals surface area (Å²) in [4.78, 5) is 17.3. The Kier molecular flexibility index (Phi) is 3.97. The molecule has 0 spiro atoms. The van der Waals surface area contributed by atoms with Crippen LogP contribution in [0.2, 0.25) is 0 Å². The van der Waals surface area contributed by atoms with Gasteiger partial charge in [-0.25, -0.2) is 4.98 Å². The lowest BCUT2D eigenvalue weighted by Gasteiger charge is -1.97. The summed E-state index contributed by atoms with van der Waals surface area (Å²) in [6, 6.07) is 9.44. The maximum atomic E-state index is 12.1. The Labute approximate surface area is 129 Å². The molecule has 0 radical (unpaired) electrons. The third-order valence-corrected chi connectivity index (χ3v) is 4.46. The number of thiazole rings is 1. The van der Waals surface area contributed by atoms with Gasteiger partial charge in [-0.3, -0.25) is 10.1 Å². The minimum Gasteiger partial charge on any atom is -0.384 e. The van der Waals surface area contributed by atoms with Gasteiger partial charge in [0.2, 0.25) is 0 Å². The van der Waals surface area contributed by atoms with Gasteiger partial charge in [0.15, 0.2) is 5.13 Å². The summed E-state index contributed by atoms with van der Waals surface area (Å²) in [5, 5.41) is 13.8. The van der Waals surface area contributed by atoms with Gasteiger partial charge >= 0.3 is 0 Å². The maximum Gasteiger partial charge on any atom is 0.258 e. The summed E-state index contributed by atoms with van der Waals surface area (Å²) in [7, 11) is 0. The molecule has 0 fully saturated rings. The standard InChI is InChI=1S/C15H10N2O2S2/c18-7-3-4-11-8-10(9-20-11)14(19)17-15-16-12-5-1-2-6-13(12)21-15/h1-2,5-6,8-9,18H,7H2,(H,16,17,19). The van der Waals surface area contributed by atoms with Crippen molar-refractivity contribution in [2.45, 2.75) is 0 Å². The second-order valence-electron chi connectivity index (χ2n) is 4.10. The van der Waals surface area contributed by atoms with E-state index in [2.05, 4.69) is 22.1 Å². The minimum absolute atomic E-state index is 0.189. The summed E-state index contributed by atoms with van der Waals surface area (Å²) in [6.45, 7) is -0.189. The zero-order chi connectivity index (χ0) is 14.7. The van der Waals surface area contributed by atoms with Crippen molar-refractivity contribution >= 4 is 43.9 Å². The molecular weight excluding hydrogens is 304 g/mol. The highest BCUT2D eigenvalue weighted by atomic mass is 32.1. The van der Waals surface area contributed by atoms with E-state index in [1.807, 2.05) is 24.3 Å². The third kappa shape index (κ3) is 3.11. The molecule has 104 valence electrons. The van der Waals surface area contributed by atoms with Crippen LogP contribution >= 0.6 is 22.7 Å². The van der Waals surface area contributed by atoms with Crippen LogP contribution in [0.5, 0.6) is 0 Å². The summed E-state index contributed by atoms with van der Waals surface area (Å²) in [5.41, 5.74) is 1.42. The van der Waals surface area contributed by atoms with E-state index < -0.39 is 0 Å². The topological polar surface area (TPSA) is 62.2 Å². The average Bonchev–Trinajstić information content (AvgIpc) is 3.11. The van der Waals surface area contributed by atoms with E-state index in [1.165, 1.54) is 22.7 Å². The van der Waals surface area contributed by atoms with Crippen LogP contribution in [-0.4, -0.2) is 22.6 Å². The SMILES string of the molecule is O=C(Nc1nc2ccccc2s1)c1csc(C#CCO)c1. The van der Waals surface area contributed by atoms with Gasteiger partial charge in [-0.1, -0.05) is 35.3 Å². The molecule has 6 heteroatoms. The molecule has 0 saturated heterocycles. The number of nitrogens with zero attached hydrogens (tertiary/aromatic N) is 1. The predicted octanol–water partition coefficient (Wildman–Crippen LogP) is 2.95. The van der Waals surface area contributed by atoms with Crippen LogP contribution in [0.15, 0.2) is 35.7 Å². The van der Waals surface area contributed by atoms with Crippen LogP contribution in [0.1, 0.15) is 15.2 Å². The number of amides is 1. The molecule has 2 N–H and O–H groups in total. The first-order chi connectivity index (χ1) is 10.3. The molecule has 2 heterocycles. The number of anilines is 1. The van der Waals surface area contributed by atoms with E-state index >= 15 is 0 Å². The van der Waals surface area contributed by atoms with Gasteiger partial charge < -0.3 is 5.11 Å². The first-order valence-corrected chi connectivity index (χ1v) is 7.81. The number of para-hydroxylation sites is 1. The Bertz CT molecular complexity index is 822. The average molecular weight is 314 g/mol. The Morgan fingerprint density at radius 1 is 1.38 bits per heavy atom. The monoisotopic (exact) mass is 314 g/mol. The molecule has 0 saturated carbocycles. The van der Waals surface area contributed by atoms with Crippen LogP contribution in [0.3, 0.4) is 0 Å². The van der Waals surface area contributed by atoms with Crippen molar-refractivity contribution in [2.24, 2.45) is 0 Å². The number of carbonyl (C=O) groups excluding carboxylic acids is 1. The number of carbonyl (C=O) groups is 1. The van der Waals surface area contributed by atoms with Gasteiger partial charge in [-0.05, 0) is 18.2 Å². The van der Waals surface area contributed by atoms with Crippen molar-refractivity contribution in [3.63, 3.8) is 0 Å². The van der Waals surface area contributed by atoms with E-state index in [1.54, 1.807) is 11.4 Å². The quantitative estimate of drug-likeness (QED) is 0.715. The maximum absolute atomic E-state index is 12.1. The zero-order valence-electron chi connectivity index (χ0n) is 10.8. The van der Waals surface area contributed by atoms with E-state index in [0.29, 0.717) is 10.7 Å². The lowest BCUT2D eigenvalue weighted by molar-refractivity contribution is 0.102. The van der Waals surface area contributed by atoms with Crippen LogP contribution in [0, 0.1) is 11.8 Å². The molecule has 3 aromatic rings. The summed E-state index contributed by atoms with van der Waals surface area (Å²) in [5.74, 6) is 5.13. The van der Waals surface area contributed by atoms with Crippen LogP contribution in [0.4, 0.5) is 5.13 Å². The molecule has 4 nitrogen and oxygen atoms in total. The van der Waals surface area contributed by atoms with Gasteiger partial charge in [0.05, 0.1) is 20.7 Å². The van der Waals surface area contributed by atoms with Gasteiger partial charge in [0, 0.05) is 5.38 Å². The number of aromatic nitrogens is 1. The largest absolute Gasteiger partial charge is 0.384 e. The van der Waals surface area contributed by atoms with Crippen LogP contribution in [-0.2, 0) is 0 Å². The molecular formula is C15H10N2O2S2. The molecule has 1 aromatic carbocycles. The number of rotatable bonds is 2. The van der Waals surface area contributed by atoms with Crippen molar-refractivity contribution in [1.82, 2.24) is 4.98 Å². The Balaban J connectivity index is 1.77. The van der Waals surface area contributed by atoms with Crippen LogP contribution < -0.4 is 5.32 Å².